The number of ether oxygens (including phenoxy) is 1. The van der Waals surface area contributed by atoms with Crippen LogP contribution in [0.2, 0.25) is 5.02 Å². The van der Waals surface area contributed by atoms with Gasteiger partial charge in [0.2, 0.25) is 0 Å². The maximum atomic E-state index is 12.9. The third kappa shape index (κ3) is 5.86. The summed E-state index contributed by atoms with van der Waals surface area (Å²) >= 11 is 7.39. The Morgan fingerprint density at radius 3 is 2.26 bits per heavy atom. The Morgan fingerprint density at radius 2 is 1.60 bits per heavy atom. The molecule has 0 aliphatic carbocycles. The van der Waals surface area contributed by atoms with E-state index in [0.717, 1.165) is 44.1 Å². The number of halogens is 1. The molecule has 0 radical (unpaired) electrons. The molecule has 6 rings (SSSR count). The molecule has 0 bridgehead atoms. The van der Waals surface area contributed by atoms with Gasteiger partial charge in [-0.1, -0.05) is 71.9 Å². The quantitative estimate of drug-likeness (QED) is 0.0813. The molecule has 0 aliphatic heterocycles. The van der Waals surface area contributed by atoms with E-state index in [2.05, 4.69) is 51.1 Å². The summed E-state index contributed by atoms with van der Waals surface area (Å²) in [5.74, 6) is 1.26. The maximum Gasteiger partial charge on any atom is 0.250 e. The van der Waals surface area contributed by atoms with E-state index in [1.165, 1.54) is 11.8 Å². The van der Waals surface area contributed by atoms with Crippen molar-refractivity contribution in [3.05, 3.63) is 114 Å². The van der Waals surface area contributed by atoms with Gasteiger partial charge in [-0.3, -0.25) is 9.36 Å². The normalized spacial score (nSPS) is 11.4. The highest BCUT2D eigenvalue weighted by Crippen LogP contribution is 2.30. The number of carbonyl (C=O) groups excluding carboxylic acids is 1. The average molecular weight is 592 g/mol. The van der Waals surface area contributed by atoms with Gasteiger partial charge in [-0.2, -0.15) is 5.10 Å². The zero-order valence-corrected chi connectivity index (χ0v) is 24.3. The first kappa shape index (κ1) is 27.5. The van der Waals surface area contributed by atoms with Gasteiger partial charge in [0.1, 0.15) is 5.75 Å². The van der Waals surface area contributed by atoms with Crippen molar-refractivity contribution in [2.75, 3.05) is 12.4 Å². The number of fused-ring (bicyclic) bond motifs is 2. The van der Waals surface area contributed by atoms with Crippen LogP contribution < -0.4 is 10.2 Å². The predicted molar refractivity (Wildman–Crippen MR) is 171 cm³/mol. The van der Waals surface area contributed by atoms with Gasteiger partial charge in [0.25, 0.3) is 5.91 Å². The van der Waals surface area contributed by atoms with E-state index in [4.69, 9.17) is 16.3 Å². The molecule has 1 N–H and O–H groups in total. The summed E-state index contributed by atoms with van der Waals surface area (Å²) < 4.78 is 7.52. The highest BCUT2D eigenvalue weighted by Gasteiger charge is 2.18. The van der Waals surface area contributed by atoms with Crippen molar-refractivity contribution >= 4 is 57.0 Å². The van der Waals surface area contributed by atoms with Crippen LogP contribution in [0.4, 0.5) is 0 Å². The maximum absolute atomic E-state index is 12.9. The topological polar surface area (TPSA) is 81.4 Å². The van der Waals surface area contributed by atoms with Gasteiger partial charge in [0.05, 0.1) is 18.6 Å². The van der Waals surface area contributed by atoms with Crippen molar-refractivity contribution in [3.63, 3.8) is 0 Å². The van der Waals surface area contributed by atoms with Crippen molar-refractivity contribution < 1.29 is 9.53 Å². The first-order chi connectivity index (χ1) is 20.6. The Morgan fingerprint density at radius 1 is 0.929 bits per heavy atom. The summed E-state index contributed by atoms with van der Waals surface area (Å²) in [4.78, 5) is 12.9. The van der Waals surface area contributed by atoms with E-state index in [9.17, 15) is 4.79 Å². The summed E-state index contributed by atoms with van der Waals surface area (Å²) in [5, 5.41) is 18.8. The minimum Gasteiger partial charge on any atom is -0.494 e. The van der Waals surface area contributed by atoms with Crippen LogP contribution in [-0.4, -0.2) is 39.2 Å². The minimum atomic E-state index is -0.255. The lowest BCUT2D eigenvalue weighted by Gasteiger charge is -2.11. The number of nitrogens with zero attached hydrogens (tertiary/aromatic N) is 4. The number of thioether (sulfide) groups is 1. The molecule has 9 heteroatoms. The zero-order chi connectivity index (χ0) is 28.9. The number of hydrogen-bond acceptors (Lipinski definition) is 6. The van der Waals surface area contributed by atoms with Crippen molar-refractivity contribution in [1.82, 2.24) is 20.2 Å². The van der Waals surface area contributed by atoms with Gasteiger partial charge in [0.15, 0.2) is 11.0 Å². The lowest BCUT2D eigenvalue weighted by molar-refractivity contribution is -0.118. The second-order valence-electron chi connectivity index (χ2n) is 9.39. The molecule has 0 saturated carbocycles. The third-order valence-corrected chi connectivity index (χ3v) is 7.85. The van der Waals surface area contributed by atoms with E-state index in [1.807, 2.05) is 84.3 Å². The Hall–Kier alpha value is -4.66. The monoisotopic (exact) mass is 591 g/mol. The van der Waals surface area contributed by atoms with Crippen molar-refractivity contribution in [2.45, 2.75) is 12.1 Å². The van der Waals surface area contributed by atoms with Crippen molar-refractivity contribution in [2.24, 2.45) is 5.10 Å². The van der Waals surface area contributed by atoms with Gasteiger partial charge in [0, 0.05) is 21.8 Å². The molecule has 6 aromatic rings. The SMILES string of the molecule is CCOc1ccc(-n2c(SCC(=O)N/N=C/c3c4ccccc4cc4ccccc34)nnc2-c2ccc(Cl)cc2)cc1. The highest BCUT2D eigenvalue weighted by molar-refractivity contribution is 7.99. The Bertz CT molecular complexity index is 1850. The number of nitrogens with one attached hydrogen (secondary N) is 1. The molecule has 1 heterocycles. The summed E-state index contributed by atoms with van der Waals surface area (Å²) in [6.45, 7) is 2.53. The van der Waals surface area contributed by atoms with E-state index < -0.39 is 0 Å². The molecular formula is C33H26ClN5O2S. The van der Waals surface area contributed by atoms with Gasteiger partial charge in [-0.05, 0) is 83.1 Å². The van der Waals surface area contributed by atoms with Crippen LogP contribution in [0.15, 0.2) is 113 Å². The number of benzene rings is 5. The number of carbonyl (C=O) groups is 1. The van der Waals surface area contributed by atoms with Crippen LogP contribution in [0.1, 0.15) is 12.5 Å². The van der Waals surface area contributed by atoms with Crippen LogP contribution in [0.3, 0.4) is 0 Å². The largest absolute Gasteiger partial charge is 0.494 e. The molecule has 0 saturated heterocycles. The van der Waals surface area contributed by atoms with E-state index in [0.29, 0.717) is 22.6 Å². The Kier molecular flexibility index (Phi) is 8.16. The molecule has 1 aromatic heterocycles. The van der Waals surface area contributed by atoms with Gasteiger partial charge in [-0.25, -0.2) is 5.43 Å². The molecular weight excluding hydrogens is 566 g/mol. The standard InChI is InChI=1S/C33H26ClN5O2S/c1-2-41-27-17-15-26(16-18-27)39-32(22-11-13-25(34)14-12-22)37-38-33(39)42-21-31(40)36-35-20-30-28-9-5-3-7-23(28)19-24-8-4-6-10-29(24)30/h3-20H,2,21H2,1H3,(H,36,40)/b35-20+. The van der Waals surface area contributed by atoms with Gasteiger partial charge < -0.3 is 4.74 Å². The Labute approximate surface area is 252 Å². The summed E-state index contributed by atoms with van der Waals surface area (Å²) in [7, 11) is 0. The number of amides is 1. The molecule has 42 heavy (non-hydrogen) atoms. The highest BCUT2D eigenvalue weighted by atomic mass is 35.5. The molecule has 0 unspecified atom stereocenters. The van der Waals surface area contributed by atoms with E-state index in [-0.39, 0.29) is 11.7 Å². The third-order valence-electron chi connectivity index (χ3n) is 6.67. The summed E-state index contributed by atoms with van der Waals surface area (Å²) in [6.07, 6.45) is 1.72. The lowest BCUT2D eigenvalue weighted by atomic mass is 9.97. The smallest absolute Gasteiger partial charge is 0.250 e. The molecule has 0 fully saturated rings. The molecule has 5 aromatic carbocycles. The van der Waals surface area contributed by atoms with E-state index in [1.54, 1.807) is 6.21 Å². The number of hydrogen-bond donors (Lipinski definition) is 1. The fraction of sp³-hybridized carbons (Fsp3) is 0.0909. The molecule has 0 spiro atoms. The number of hydrazone groups is 1. The summed E-state index contributed by atoms with van der Waals surface area (Å²) in [5.41, 5.74) is 5.33. The molecule has 1 amide bonds. The predicted octanol–water partition coefficient (Wildman–Crippen LogP) is 7.54. The first-order valence-electron chi connectivity index (χ1n) is 13.4. The number of aromatic nitrogens is 3. The lowest BCUT2D eigenvalue weighted by Crippen LogP contribution is -2.20. The van der Waals surface area contributed by atoms with Crippen LogP contribution in [0.25, 0.3) is 38.6 Å². The molecule has 0 aliphatic rings. The van der Waals surface area contributed by atoms with Gasteiger partial charge in [-0.15, -0.1) is 10.2 Å². The fourth-order valence-corrected chi connectivity index (χ4v) is 5.63. The van der Waals surface area contributed by atoms with E-state index >= 15 is 0 Å². The molecule has 208 valence electrons. The fourth-order valence-electron chi connectivity index (χ4n) is 4.76. The number of rotatable bonds is 9. The average Bonchev–Trinajstić information content (AvgIpc) is 3.44. The second-order valence-corrected chi connectivity index (χ2v) is 10.8. The van der Waals surface area contributed by atoms with Crippen molar-refractivity contribution in [3.8, 4) is 22.8 Å². The van der Waals surface area contributed by atoms with Crippen LogP contribution in [0, 0.1) is 0 Å². The first-order valence-corrected chi connectivity index (χ1v) is 14.8. The van der Waals surface area contributed by atoms with Gasteiger partial charge >= 0.3 is 0 Å². The molecule has 0 atom stereocenters. The second kappa shape index (κ2) is 12.5. The minimum absolute atomic E-state index is 0.101. The zero-order valence-electron chi connectivity index (χ0n) is 22.7. The Balaban J connectivity index is 1.23. The molecule has 7 nitrogen and oxygen atoms in total. The van der Waals surface area contributed by atoms with Crippen molar-refractivity contribution in [1.29, 1.82) is 0 Å². The van der Waals surface area contributed by atoms with Crippen LogP contribution in [0.5, 0.6) is 5.75 Å². The summed E-state index contributed by atoms with van der Waals surface area (Å²) in [6, 6.07) is 33.6. The van der Waals surface area contributed by atoms with Crippen LogP contribution >= 0.6 is 23.4 Å². The van der Waals surface area contributed by atoms with Crippen LogP contribution in [-0.2, 0) is 4.79 Å².